The van der Waals surface area contributed by atoms with Crippen molar-refractivity contribution in [2.24, 2.45) is 0 Å². The molecule has 8 heteroatoms. The van der Waals surface area contributed by atoms with Gasteiger partial charge in [-0.2, -0.15) is 0 Å². The number of ether oxygens (including phenoxy) is 1. The quantitative estimate of drug-likeness (QED) is 0.503. The number of carbonyl (C=O) groups is 1. The molecule has 0 bridgehead atoms. The van der Waals surface area contributed by atoms with Gasteiger partial charge in [0, 0.05) is 50.0 Å². The number of carbonyl (C=O) groups excluding carboxylic acids is 1. The Bertz CT molecular complexity index is 1170. The highest BCUT2D eigenvalue weighted by Crippen LogP contribution is 2.25. The molecule has 0 saturated carbocycles. The normalized spacial score (nSPS) is 13.9. The molecule has 3 aromatic rings. The van der Waals surface area contributed by atoms with Crippen LogP contribution in [0.1, 0.15) is 15.9 Å². The molecule has 0 atom stereocenters. The summed E-state index contributed by atoms with van der Waals surface area (Å²) in [7, 11) is 3.91. The number of anilines is 2. The molecular formula is C26H32N4O4. The monoisotopic (exact) mass is 464 g/mol. The molecule has 2 aromatic carbocycles. The third-order valence-corrected chi connectivity index (χ3v) is 5.82. The molecule has 1 fully saturated rings. The maximum absolute atomic E-state index is 13.1. The third kappa shape index (κ3) is 5.95. The van der Waals surface area contributed by atoms with Crippen molar-refractivity contribution >= 4 is 28.4 Å². The fourth-order valence-electron chi connectivity index (χ4n) is 3.97. The van der Waals surface area contributed by atoms with Gasteiger partial charge >= 0.3 is 0 Å². The number of likely N-dealkylation sites (N-methyl/N-ethyl adjacent to an activating group) is 1. The molecule has 0 aliphatic carbocycles. The minimum Gasteiger partial charge on any atom is -0.440 e. The van der Waals surface area contributed by atoms with E-state index in [1.807, 2.05) is 60.3 Å². The van der Waals surface area contributed by atoms with Crippen molar-refractivity contribution in [3.8, 4) is 0 Å². The van der Waals surface area contributed by atoms with Gasteiger partial charge in [-0.05, 0) is 50.3 Å². The molecule has 0 radical (unpaired) electrons. The zero-order chi connectivity index (χ0) is 23.9. The smallest absolute Gasteiger partial charge is 0.251 e. The van der Waals surface area contributed by atoms with Crippen molar-refractivity contribution in [2.75, 3.05) is 70.2 Å². The fraction of sp³-hybridized carbons (Fsp3) is 0.385. The number of morpholine rings is 1. The lowest BCUT2D eigenvalue weighted by Crippen LogP contribution is -2.36. The van der Waals surface area contributed by atoms with Crippen LogP contribution in [0.4, 0.5) is 11.6 Å². The molecule has 1 saturated heterocycles. The molecule has 180 valence electrons. The van der Waals surface area contributed by atoms with Gasteiger partial charge in [-0.25, -0.2) is 0 Å². The standard InChI is InChI=1S/C26H32N4O4/c1-29(2)11-10-28-26(32)20-16-19(8-9-27-21-6-4-3-5-7-21)25-22(17-20)23(31)18-24(34-25)30-12-14-33-15-13-30/h3-7,16-18,27H,8-15H2,1-2H3,(H,28,32). The number of fused-ring (bicyclic) bond motifs is 1. The highest BCUT2D eigenvalue weighted by atomic mass is 16.5. The first-order valence-corrected chi connectivity index (χ1v) is 11.7. The second kappa shape index (κ2) is 11.2. The van der Waals surface area contributed by atoms with Crippen molar-refractivity contribution in [2.45, 2.75) is 6.42 Å². The topological polar surface area (TPSA) is 87.1 Å². The largest absolute Gasteiger partial charge is 0.440 e. The number of hydrogen-bond donors (Lipinski definition) is 2. The lowest BCUT2D eigenvalue weighted by atomic mass is 10.0. The molecule has 1 aromatic heterocycles. The molecular weight excluding hydrogens is 432 g/mol. The summed E-state index contributed by atoms with van der Waals surface area (Å²) < 4.78 is 11.7. The second-order valence-electron chi connectivity index (χ2n) is 8.66. The lowest BCUT2D eigenvalue weighted by Gasteiger charge is -2.27. The van der Waals surface area contributed by atoms with E-state index in [0.717, 1.165) is 17.8 Å². The van der Waals surface area contributed by atoms with Crippen LogP contribution in [0.2, 0.25) is 0 Å². The van der Waals surface area contributed by atoms with Crippen LogP contribution < -0.4 is 21.0 Å². The Morgan fingerprint density at radius 3 is 2.56 bits per heavy atom. The number of rotatable bonds is 9. The van der Waals surface area contributed by atoms with Crippen molar-refractivity contribution in [3.05, 3.63) is 69.9 Å². The first-order chi connectivity index (χ1) is 16.5. The zero-order valence-corrected chi connectivity index (χ0v) is 19.8. The van der Waals surface area contributed by atoms with E-state index in [1.54, 1.807) is 6.07 Å². The average molecular weight is 465 g/mol. The second-order valence-corrected chi connectivity index (χ2v) is 8.66. The summed E-state index contributed by atoms with van der Waals surface area (Å²) >= 11 is 0. The summed E-state index contributed by atoms with van der Waals surface area (Å²) in [5.74, 6) is 0.346. The first-order valence-electron chi connectivity index (χ1n) is 11.7. The Morgan fingerprint density at radius 2 is 1.82 bits per heavy atom. The first kappa shape index (κ1) is 23.8. The molecule has 34 heavy (non-hydrogen) atoms. The van der Waals surface area contributed by atoms with Crippen LogP contribution in [0, 0.1) is 0 Å². The number of hydrogen-bond acceptors (Lipinski definition) is 7. The van der Waals surface area contributed by atoms with E-state index < -0.39 is 0 Å². The Morgan fingerprint density at radius 1 is 1.06 bits per heavy atom. The molecule has 2 heterocycles. The van der Waals surface area contributed by atoms with Crippen LogP contribution in [-0.4, -0.2) is 70.8 Å². The van der Waals surface area contributed by atoms with Gasteiger partial charge in [-0.3, -0.25) is 9.59 Å². The van der Waals surface area contributed by atoms with Crippen LogP contribution in [0.3, 0.4) is 0 Å². The molecule has 2 N–H and O–H groups in total. The van der Waals surface area contributed by atoms with Gasteiger partial charge in [0.1, 0.15) is 5.58 Å². The molecule has 8 nitrogen and oxygen atoms in total. The molecule has 0 spiro atoms. The number of nitrogens with zero attached hydrogens (tertiary/aromatic N) is 2. The summed E-state index contributed by atoms with van der Waals surface area (Å²) in [6.07, 6.45) is 0.597. The molecule has 0 unspecified atom stereocenters. The Labute approximate surface area is 199 Å². The van der Waals surface area contributed by atoms with Crippen molar-refractivity contribution in [3.63, 3.8) is 0 Å². The van der Waals surface area contributed by atoms with E-state index in [-0.39, 0.29) is 11.3 Å². The Balaban J connectivity index is 1.65. The highest BCUT2D eigenvalue weighted by Gasteiger charge is 2.19. The summed E-state index contributed by atoms with van der Waals surface area (Å²) in [6, 6.07) is 14.9. The van der Waals surface area contributed by atoms with Crippen LogP contribution in [-0.2, 0) is 11.2 Å². The van der Waals surface area contributed by atoms with E-state index in [1.165, 1.54) is 6.07 Å². The minimum atomic E-state index is -0.197. The average Bonchev–Trinajstić information content (AvgIpc) is 2.85. The van der Waals surface area contributed by atoms with Gasteiger partial charge in [0.25, 0.3) is 5.91 Å². The fourth-order valence-corrected chi connectivity index (χ4v) is 3.97. The molecule has 4 rings (SSSR count). The molecule has 1 amide bonds. The molecule has 1 aliphatic rings. The predicted octanol–water partition coefficient (Wildman–Crippen LogP) is 2.58. The predicted molar refractivity (Wildman–Crippen MR) is 135 cm³/mol. The Kier molecular flexibility index (Phi) is 7.82. The van der Waals surface area contributed by atoms with Crippen LogP contribution in [0.15, 0.2) is 57.7 Å². The summed E-state index contributed by atoms with van der Waals surface area (Å²) in [4.78, 5) is 30.0. The number of amides is 1. The van der Waals surface area contributed by atoms with Gasteiger partial charge in [0.05, 0.1) is 18.6 Å². The van der Waals surface area contributed by atoms with Crippen LogP contribution >= 0.6 is 0 Å². The van der Waals surface area contributed by atoms with Gasteiger partial charge in [-0.15, -0.1) is 0 Å². The zero-order valence-electron chi connectivity index (χ0n) is 19.8. The van der Waals surface area contributed by atoms with E-state index in [0.29, 0.717) is 68.2 Å². The van der Waals surface area contributed by atoms with Crippen molar-refractivity contribution < 1.29 is 13.9 Å². The molecule has 1 aliphatic heterocycles. The summed E-state index contributed by atoms with van der Waals surface area (Å²) in [5, 5.41) is 6.75. The van der Waals surface area contributed by atoms with Gasteiger partial charge in [0.2, 0.25) is 0 Å². The van der Waals surface area contributed by atoms with Crippen molar-refractivity contribution in [1.29, 1.82) is 0 Å². The summed E-state index contributed by atoms with van der Waals surface area (Å²) in [5.41, 5.74) is 2.69. The van der Waals surface area contributed by atoms with Gasteiger partial charge < -0.3 is 29.6 Å². The minimum absolute atomic E-state index is 0.150. The van der Waals surface area contributed by atoms with E-state index >= 15 is 0 Å². The van der Waals surface area contributed by atoms with Gasteiger partial charge in [-0.1, -0.05) is 18.2 Å². The van der Waals surface area contributed by atoms with Crippen LogP contribution in [0.25, 0.3) is 11.0 Å². The van der Waals surface area contributed by atoms with Crippen LogP contribution in [0.5, 0.6) is 0 Å². The summed E-state index contributed by atoms with van der Waals surface area (Å²) in [6.45, 7) is 4.44. The number of nitrogens with one attached hydrogen (secondary N) is 2. The number of para-hydroxylation sites is 1. The third-order valence-electron chi connectivity index (χ3n) is 5.82. The maximum Gasteiger partial charge on any atom is 0.251 e. The van der Waals surface area contributed by atoms with Gasteiger partial charge in [0.15, 0.2) is 11.3 Å². The maximum atomic E-state index is 13.1. The number of benzene rings is 2. The van der Waals surface area contributed by atoms with E-state index in [2.05, 4.69) is 10.6 Å². The lowest BCUT2D eigenvalue weighted by molar-refractivity contribution is 0.0951. The highest BCUT2D eigenvalue weighted by molar-refractivity contribution is 5.98. The van der Waals surface area contributed by atoms with Crippen molar-refractivity contribution in [1.82, 2.24) is 10.2 Å². The van der Waals surface area contributed by atoms with E-state index in [9.17, 15) is 9.59 Å². The SMILES string of the molecule is CN(C)CCNC(=O)c1cc(CCNc2ccccc2)c2oc(N3CCOCC3)cc(=O)c2c1. The Hall–Kier alpha value is -3.36. The van der Waals surface area contributed by atoms with E-state index in [4.69, 9.17) is 9.15 Å².